The first-order valence-electron chi connectivity index (χ1n) is 8.08. The summed E-state index contributed by atoms with van der Waals surface area (Å²) in [6.45, 7) is 4.64. The van der Waals surface area contributed by atoms with Crippen molar-refractivity contribution in [2.45, 2.75) is 49.9 Å². The van der Waals surface area contributed by atoms with Gasteiger partial charge in [0.2, 0.25) is 0 Å². The fourth-order valence-corrected chi connectivity index (χ4v) is 4.61. The van der Waals surface area contributed by atoms with Crippen molar-refractivity contribution >= 4 is 11.8 Å². The van der Waals surface area contributed by atoms with E-state index in [1.807, 2.05) is 6.07 Å². The monoisotopic (exact) mass is 328 g/mol. The van der Waals surface area contributed by atoms with E-state index in [1.165, 1.54) is 17.3 Å². The van der Waals surface area contributed by atoms with Crippen LogP contribution in [0.2, 0.25) is 0 Å². The quantitative estimate of drug-likeness (QED) is 0.818. The number of aromatic nitrogens is 2. The minimum absolute atomic E-state index is 0.0232. The van der Waals surface area contributed by atoms with E-state index < -0.39 is 6.10 Å². The second-order valence-electron chi connectivity index (χ2n) is 6.75. The van der Waals surface area contributed by atoms with Crippen molar-refractivity contribution in [2.75, 3.05) is 5.75 Å². The lowest BCUT2D eigenvalue weighted by Crippen LogP contribution is -2.42. The van der Waals surface area contributed by atoms with Crippen LogP contribution >= 0.6 is 11.8 Å². The summed E-state index contributed by atoms with van der Waals surface area (Å²) in [6, 6.07) is 8.26. The first kappa shape index (κ1) is 15.0. The minimum Gasteiger partial charge on any atom is -0.390 e. The van der Waals surface area contributed by atoms with Gasteiger partial charge in [-0.25, -0.2) is 4.98 Å². The van der Waals surface area contributed by atoms with E-state index in [-0.39, 0.29) is 11.0 Å². The van der Waals surface area contributed by atoms with E-state index in [9.17, 15) is 9.90 Å². The summed E-state index contributed by atoms with van der Waals surface area (Å²) < 4.78 is 1.67. The van der Waals surface area contributed by atoms with Crippen LogP contribution in [0.15, 0.2) is 34.2 Å². The third-order valence-electron chi connectivity index (χ3n) is 5.17. The Morgan fingerprint density at radius 2 is 2.22 bits per heavy atom. The van der Waals surface area contributed by atoms with Crippen LogP contribution in [0.5, 0.6) is 0 Å². The molecule has 23 heavy (non-hydrogen) atoms. The molecular formula is C18H20N2O2S. The summed E-state index contributed by atoms with van der Waals surface area (Å²) in [5.74, 6) is 0.595. The van der Waals surface area contributed by atoms with Gasteiger partial charge in [0, 0.05) is 16.7 Å². The Kier molecular flexibility index (Phi) is 3.39. The van der Waals surface area contributed by atoms with Crippen molar-refractivity contribution in [1.82, 2.24) is 9.55 Å². The van der Waals surface area contributed by atoms with Gasteiger partial charge in [0.15, 0.2) is 5.16 Å². The molecule has 2 aliphatic rings. The largest absolute Gasteiger partial charge is 0.390 e. The number of fused-ring (bicyclic) bond motifs is 4. The highest BCUT2D eigenvalue weighted by molar-refractivity contribution is 7.99. The Bertz CT molecular complexity index is 845. The van der Waals surface area contributed by atoms with Crippen molar-refractivity contribution in [1.29, 1.82) is 0 Å². The number of nitrogens with zero attached hydrogens (tertiary/aromatic N) is 2. The molecule has 0 saturated heterocycles. The van der Waals surface area contributed by atoms with E-state index in [0.717, 1.165) is 34.8 Å². The van der Waals surface area contributed by atoms with Crippen LogP contribution in [0, 0.1) is 0 Å². The van der Waals surface area contributed by atoms with Crippen molar-refractivity contribution in [3.63, 3.8) is 0 Å². The maximum absolute atomic E-state index is 13.2. The second kappa shape index (κ2) is 5.21. The van der Waals surface area contributed by atoms with Crippen molar-refractivity contribution < 1.29 is 5.11 Å². The first-order valence-corrected chi connectivity index (χ1v) is 9.06. The molecule has 0 bridgehead atoms. The lowest BCUT2D eigenvalue weighted by atomic mass is 9.69. The normalized spacial score (nSPS) is 25.4. The lowest BCUT2D eigenvalue weighted by molar-refractivity contribution is 0.166. The number of aliphatic hydroxyl groups is 1. The Morgan fingerprint density at radius 3 is 3.00 bits per heavy atom. The molecule has 4 nitrogen and oxygen atoms in total. The highest BCUT2D eigenvalue weighted by atomic mass is 32.2. The van der Waals surface area contributed by atoms with E-state index in [4.69, 9.17) is 4.98 Å². The zero-order chi connectivity index (χ0) is 16.2. The van der Waals surface area contributed by atoms with Gasteiger partial charge in [0.05, 0.1) is 23.9 Å². The summed E-state index contributed by atoms with van der Waals surface area (Å²) in [5.41, 5.74) is 3.83. The van der Waals surface area contributed by atoms with Gasteiger partial charge < -0.3 is 5.11 Å². The Hall–Kier alpha value is -1.59. The van der Waals surface area contributed by atoms with Gasteiger partial charge in [-0.2, -0.15) is 0 Å². The molecule has 1 aromatic carbocycles. The number of hydrogen-bond acceptors (Lipinski definition) is 4. The number of hydrogen-bond donors (Lipinski definition) is 1. The summed E-state index contributed by atoms with van der Waals surface area (Å²) >= 11 is 1.47. The molecule has 1 N–H and O–H groups in total. The average Bonchev–Trinajstić information content (AvgIpc) is 2.55. The molecule has 5 heteroatoms. The molecule has 0 spiro atoms. The predicted molar refractivity (Wildman–Crippen MR) is 92.0 cm³/mol. The van der Waals surface area contributed by atoms with Crippen LogP contribution < -0.4 is 5.56 Å². The van der Waals surface area contributed by atoms with E-state index in [0.29, 0.717) is 12.3 Å². The third kappa shape index (κ3) is 2.17. The molecule has 0 saturated carbocycles. The molecular weight excluding hydrogens is 308 g/mol. The molecule has 2 atom stereocenters. The Morgan fingerprint density at radius 1 is 1.43 bits per heavy atom. The standard InChI is InChI=1S/C18H20N2O2S/c1-3-18(2)8-11-6-4-5-7-13(11)15-14(18)16(22)20-9-12(21)10-23-17(20)19-15/h4-7,12,21H,3,8-10H2,1-2H3/t12-,18+/m0/s1. The van der Waals surface area contributed by atoms with Crippen LogP contribution in [-0.2, 0) is 18.4 Å². The van der Waals surface area contributed by atoms with Gasteiger partial charge in [-0.1, -0.05) is 49.9 Å². The highest BCUT2D eigenvalue weighted by Gasteiger charge is 2.38. The molecule has 1 aromatic heterocycles. The van der Waals surface area contributed by atoms with Crippen LogP contribution in [0.1, 0.15) is 31.4 Å². The minimum atomic E-state index is -0.478. The van der Waals surface area contributed by atoms with E-state index in [1.54, 1.807) is 4.57 Å². The van der Waals surface area contributed by atoms with Gasteiger partial charge in [-0.3, -0.25) is 9.36 Å². The van der Waals surface area contributed by atoms with Crippen LogP contribution in [-0.4, -0.2) is 26.5 Å². The molecule has 1 aliphatic heterocycles. The van der Waals surface area contributed by atoms with E-state index in [2.05, 4.69) is 32.0 Å². The average molecular weight is 328 g/mol. The van der Waals surface area contributed by atoms with Crippen LogP contribution in [0.4, 0.5) is 0 Å². The molecule has 0 radical (unpaired) electrons. The maximum Gasteiger partial charge on any atom is 0.258 e. The molecule has 0 amide bonds. The molecule has 0 fully saturated rings. The number of aliphatic hydroxyl groups excluding tert-OH is 1. The Balaban J connectivity index is 2.05. The van der Waals surface area contributed by atoms with Gasteiger partial charge >= 0.3 is 0 Å². The zero-order valence-corrected chi connectivity index (χ0v) is 14.2. The topological polar surface area (TPSA) is 55.1 Å². The lowest BCUT2D eigenvalue weighted by Gasteiger charge is -2.36. The summed E-state index contributed by atoms with van der Waals surface area (Å²) in [7, 11) is 0. The third-order valence-corrected chi connectivity index (χ3v) is 6.29. The first-order chi connectivity index (χ1) is 11.0. The Labute approximate surface area is 139 Å². The van der Waals surface area contributed by atoms with Gasteiger partial charge in [-0.15, -0.1) is 0 Å². The SMILES string of the molecule is CC[C@]1(C)Cc2ccccc2-c2nc3n(c(=O)c21)C[C@H](O)CS3. The number of benzene rings is 1. The fourth-order valence-electron chi connectivity index (χ4n) is 3.70. The van der Waals surface area contributed by atoms with Crippen molar-refractivity contribution in [2.24, 2.45) is 0 Å². The summed E-state index contributed by atoms with van der Waals surface area (Å²) in [4.78, 5) is 18.0. The number of rotatable bonds is 1. The van der Waals surface area contributed by atoms with Gasteiger partial charge in [0.25, 0.3) is 5.56 Å². The van der Waals surface area contributed by atoms with E-state index >= 15 is 0 Å². The summed E-state index contributed by atoms with van der Waals surface area (Å²) in [5, 5.41) is 10.7. The molecule has 4 rings (SSSR count). The molecule has 0 unspecified atom stereocenters. The van der Waals surface area contributed by atoms with Gasteiger partial charge in [0.1, 0.15) is 0 Å². The van der Waals surface area contributed by atoms with Crippen molar-refractivity contribution in [3.8, 4) is 11.3 Å². The summed E-state index contributed by atoms with van der Waals surface area (Å²) in [6.07, 6.45) is 1.27. The van der Waals surface area contributed by atoms with Crippen LogP contribution in [0.3, 0.4) is 0 Å². The molecule has 120 valence electrons. The zero-order valence-electron chi connectivity index (χ0n) is 13.4. The van der Waals surface area contributed by atoms with Crippen molar-refractivity contribution in [3.05, 3.63) is 45.7 Å². The predicted octanol–water partition coefficient (Wildman–Crippen LogP) is 2.60. The smallest absolute Gasteiger partial charge is 0.258 e. The second-order valence-corrected chi connectivity index (χ2v) is 7.73. The molecule has 2 aromatic rings. The molecule has 2 heterocycles. The number of thioether (sulfide) groups is 1. The highest BCUT2D eigenvalue weighted by Crippen LogP contribution is 2.43. The molecule has 1 aliphatic carbocycles. The maximum atomic E-state index is 13.2. The van der Waals surface area contributed by atoms with Crippen LogP contribution in [0.25, 0.3) is 11.3 Å². The fraction of sp³-hybridized carbons (Fsp3) is 0.444. The van der Waals surface area contributed by atoms with Gasteiger partial charge in [-0.05, 0) is 18.4 Å².